The third kappa shape index (κ3) is 18.9. The molecule has 0 aliphatic carbocycles. The number of hydrogen-bond acceptors (Lipinski definition) is 4. The Hall–Kier alpha value is -2.32. The summed E-state index contributed by atoms with van der Waals surface area (Å²) in [6.07, 6.45) is 17.1. The number of aliphatic carboxylic acids is 1. The molecule has 2 atom stereocenters. The molecule has 0 rings (SSSR count). The predicted octanol–water partition coefficient (Wildman–Crippen LogP) is 4.23. The summed E-state index contributed by atoms with van der Waals surface area (Å²) in [6.45, 7) is 6.18. The molecule has 0 bridgehead atoms. The molecule has 0 saturated heterocycles. The lowest BCUT2D eigenvalue weighted by Crippen LogP contribution is -2.53. The Labute approximate surface area is 218 Å². The van der Waals surface area contributed by atoms with Gasteiger partial charge in [-0.1, -0.05) is 97.8 Å². The molecule has 0 aliphatic rings. The number of carbonyl (C=O) groups is 3. The minimum Gasteiger partial charge on any atom is -0.480 e. The zero-order valence-electron chi connectivity index (χ0n) is 23.0. The van der Waals surface area contributed by atoms with Gasteiger partial charge in [-0.05, 0) is 25.2 Å². The van der Waals surface area contributed by atoms with Crippen molar-refractivity contribution in [3.05, 3.63) is 0 Å². The number of nitrogens with zero attached hydrogens (tertiary/aromatic N) is 1. The summed E-state index contributed by atoms with van der Waals surface area (Å²) >= 11 is 0. The molecule has 9 heteroatoms. The van der Waals surface area contributed by atoms with E-state index in [9.17, 15) is 19.5 Å². The summed E-state index contributed by atoms with van der Waals surface area (Å²) in [6, 6.07) is -1.84. The van der Waals surface area contributed by atoms with Crippen LogP contribution < -0.4 is 22.1 Å². The van der Waals surface area contributed by atoms with Crippen LogP contribution in [0.25, 0.3) is 0 Å². The molecule has 0 heterocycles. The van der Waals surface area contributed by atoms with E-state index in [4.69, 9.17) is 11.5 Å². The number of nitrogens with two attached hydrogens (primary N) is 2. The van der Waals surface area contributed by atoms with E-state index in [1.807, 2.05) is 13.8 Å². The molecule has 0 aromatic carbocycles. The molecule has 0 aromatic heterocycles. The average molecular weight is 512 g/mol. The fraction of sp³-hybridized carbons (Fsp3) is 0.852. The highest BCUT2D eigenvalue weighted by atomic mass is 16.4. The van der Waals surface area contributed by atoms with Gasteiger partial charge >= 0.3 is 5.97 Å². The van der Waals surface area contributed by atoms with Crippen LogP contribution in [0.2, 0.25) is 0 Å². The van der Waals surface area contributed by atoms with Crippen LogP contribution in [0.5, 0.6) is 0 Å². The molecule has 0 spiro atoms. The molecule has 0 aromatic rings. The van der Waals surface area contributed by atoms with Gasteiger partial charge in [0.1, 0.15) is 12.1 Å². The largest absolute Gasteiger partial charge is 0.480 e. The Kier molecular flexibility index (Phi) is 20.5. The molecular formula is C27H53N5O4. The van der Waals surface area contributed by atoms with Crippen LogP contribution in [0.15, 0.2) is 4.99 Å². The van der Waals surface area contributed by atoms with Crippen LogP contribution in [0.3, 0.4) is 0 Å². The fourth-order valence-corrected chi connectivity index (χ4v) is 4.11. The van der Waals surface area contributed by atoms with Gasteiger partial charge in [0.15, 0.2) is 5.96 Å². The van der Waals surface area contributed by atoms with Gasteiger partial charge in [0.25, 0.3) is 0 Å². The minimum atomic E-state index is -1.13. The number of amides is 2. The maximum atomic E-state index is 12.7. The molecule has 9 nitrogen and oxygen atoms in total. The molecule has 0 aliphatic heterocycles. The summed E-state index contributed by atoms with van der Waals surface area (Å²) in [7, 11) is 0. The first-order valence-corrected chi connectivity index (χ1v) is 14.1. The van der Waals surface area contributed by atoms with Crippen molar-refractivity contribution in [2.75, 3.05) is 6.54 Å². The van der Waals surface area contributed by atoms with E-state index < -0.39 is 24.0 Å². The van der Waals surface area contributed by atoms with E-state index in [0.717, 1.165) is 19.3 Å². The van der Waals surface area contributed by atoms with Gasteiger partial charge < -0.3 is 27.2 Å². The summed E-state index contributed by atoms with van der Waals surface area (Å²) < 4.78 is 0. The predicted molar refractivity (Wildman–Crippen MR) is 147 cm³/mol. The van der Waals surface area contributed by atoms with Crippen LogP contribution in [0.1, 0.15) is 124 Å². The van der Waals surface area contributed by atoms with Gasteiger partial charge in [-0.15, -0.1) is 0 Å². The standard InChI is InChI=1S/C27H53N5O4/c1-4-5-6-7-8-9-10-11-12-13-14-15-16-19-23(33)32-24(21(2)3)25(34)31-22(26(35)36)18-17-20-30-27(28)29/h21-22,24H,4-20H2,1-3H3,(H,31,34)(H,32,33)(H,35,36)(H4,28,29,30)/t22-,24-/m0/s1. The van der Waals surface area contributed by atoms with E-state index in [-0.39, 0.29) is 30.8 Å². The van der Waals surface area contributed by atoms with Gasteiger partial charge in [0.05, 0.1) is 0 Å². The smallest absolute Gasteiger partial charge is 0.326 e. The first-order valence-electron chi connectivity index (χ1n) is 14.1. The Bertz CT molecular complexity index is 636. The van der Waals surface area contributed by atoms with Crippen LogP contribution in [0, 0.1) is 5.92 Å². The van der Waals surface area contributed by atoms with Crippen LogP contribution >= 0.6 is 0 Å². The highest BCUT2D eigenvalue weighted by Crippen LogP contribution is 2.13. The van der Waals surface area contributed by atoms with Crippen molar-refractivity contribution in [1.82, 2.24) is 10.6 Å². The molecule has 210 valence electrons. The van der Waals surface area contributed by atoms with Gasteiger partial charge in [-0.3, -0.25) is 14.6 Å². The zero-order valence-corrected chi connectivity index (χ0v) is 23.0. The van der Waals surface area contributed by atoms with Crippen molar-refractivity contribution < 1.29 is 19.5 Å². The number of nitrogens with one attached hydrogen (secondary N) is 2. The summed E-state index contributed by atoms with van der Waals surface area (Å²) in [5.74, 6) is -2.02. The molecule has 0 saturated carbocycles. The minimum absolute atomic E-state index is 0.0583. The highest BCUT2D eigenvalue weighted by Gasteiger charge is 2.28. The van der Waals surface area contributed by atoms with Crippen molar-refractivity contribution >= 4 is 23.7 Å². The monoisotopic (exact) mass is 511 g/mol. The SMILES string of the molecule is CCCCCCCCCCCCCCCC(=O)N[C@H](C(=O)N[C@@H](CCCN=C(N)N)C(=O)O)C(C)C. The fourth-order valence-electron chi connectivity index (χ4n) is 4.11. The maximum absolute atomic E-state index is 12.7. The molecule has 36 heavy (non-hydrogen) atoms. The van der Waals surface area contributed by atoms with E-state index in [0.29, 0.717) is 12.8 Å². The lowest BCUT2D eigenvalue weighted by atomic mass is 10.0. The maximum Gasteiger partial charge on any atom is 0.326 e. The van der Waals surface area contributed by atoms with Crippen molar-refractivity contribution in [2.45, 2.75) is 136 Å². The summed E-state index contributed by atoms with van der Waals surface area (Å²) in [5, 5.41) is 14.8. The van der Waals surface area contributed by atoms with Crippen molar-refractivity contribution in [2.24, 2.45) is 22.4 Å². The molecular weight excluding hydrogens is 458 g/mol. The lowest BCUT2D eigenvalue weighted by Gasteiger charge is -2.24. The Morgan fingerprint density at radius 1 is 0.778 bits per heavy atom. The topological polar surface area (TPSA) is 160 Å². The third-order valence-corrected chi connectivity index (χ3v) is 6.33. The number of aliphatic imine (C=N–C) groups is 1. The number of rotatable bonds is 23. The first-order chi connectivity index (χ1) is 17.2. The Morgan fingerprint density at radius 3 is 1.72 bits per heavy atom. The number of hydrogen-bond donors (Lipinski definition) is 5. The van der Waals surface area contributed by atoms with E-state index >= 15 is 0 Å². The normalized spacial score (nSPS) is 12.7. The quantitative estimate of drug-likeness (QED) is 0.0783. The number of carbonyl (C=O) groups excluding carboxylic acids is 2. The second-order valence-corrected chi connectivity index (χ2v) is 10.1. The van der Waals surface area contributed by atoms with Crippen molar-refractivity contribution in [3.8, 4) is 0 Å². The van der Waals surface area contributed by atoms with E-state index in [1.165, 1.54) is 64.2 Å². The number of carboxylic acid groups (broad SMARTS) is 1. The van der Waals surface area contributed by atoms with Crippen molar-refractivity contribution in [1.29, 1.82) is 0 Å². The Balaban J connectivity index is 4.15. The van der Waals surface area contributed by atoms with E-state index in [2.05, 4.69) is 22.5 Å². The first kappa shape index (κ1) is 33.7. The van der Waals surface area contributed by atoms with Crippen LogP contribution in [-0.2, 0) is 14.4 Å². The Morgan fingerprint density at radius 2 is 1.28 bits per heavy atom. The molecule has 0 unspecified atom stereocenters. The van der Waals surface area contributed by atoms with Gasteiger partial charge in [0, 0.05) is 13.0 Å². The van der Waals surface area contributed by atoms with Crippen LogP contribution in [0.4, 0.5) is 0 Å². The zero-order chi connectivity index (χ0) is 27.2. The highest BCUT2D eigenvalue weighted by molar-refractivity contribution is 5.90. The third-order valence-electron chi connectivity index (χ3n) is 6.33. The molecule has 7 N–H and O–H groups in total. The number of carboxylic acids is 1. The van der Waals surface area contributed by atoms with Gasteiger partial charge in [-0.2, -0.15) is 0 Å². The average Bonchev–Trinajstić information content (AvgIpc) is 2.81. The molecule has 2 amide bonds. The molecule has 0 fully saturated rings. The van der Waals surface area contributed by atoms with Crippen molar-refractivity contribution in [3.63, 3.8) is 0 Å². The lowest BCUT2D eigenvalue weighted by molar-refractivity contribution is -0.142. The number of unbranched alkanes of at least 4 members (excludes halogenated alkanes) is 12. The number of guanidine groups is 1. The van der Waals surface area contributed by atoms with Gasteiger partial charge in [-0.25, -0.2) is 4.79 Å². The summed E-state index contributed by atoms with van der Waals surface area (Å²) in [4.78, 5) is 40.5. The van der Waals surface area contributed by atoms with Crippen LogP contribution in [-0.4, -0.2) is 47.5 Å². The second kappa shape index (κ2) is 21.9. The molecule has 0 radical (unpaired) electrons. The second-order valence-electron chi connectivity index (χ2n) is 10.1. The van der Waals surface area contributed by atoms with Gasteiger partial charge in [0.2, 0.25) is 11.8 Å². The summed E-state index contributed by atoms with van der Waals surface area (Å²) in [5.41, 5.74) is 10.5. The van der Waals surface area contributed by atoms with E-state index in [1.54, 1.807) is 0 Å².